The highest BCUT2D eigenvalue weighted by Crippen LogP contribution is 2.04. The molecule has 1 aromatic carbocycles. The monoisotopic (exact) mass is 279 g/mol. The van der Waals surface area contributed by atoms with E-state index in [4.69, 9.17) is 0 Å². The molecule has 0 aliphatic rings. The first-order valence-corrected chi connectivity index (χ1v) is 6.45. The van der Waals surface area contributed by atoms with Crippen LogP contribution in [-0.4, -0.2) is 23.3 Å². The molecule has 0 aliphatic heterocycles. The van der Waals surface area contributed by atoms with Crippen LogP contribution in [0.15, 0.2) is 48.7 Å². The average molecular weight is 279 g/mol. The van der Waals surface area contributed by atoms with E-state index in [1.54, 1.807) is 13.0 Å². The van der Waals surface area contributed by atoms with Crippen LogP contribution in [0.1, 0.15) is 28.5 Å². The quantitative estimate of drug-likeness (QED) is 0.374. The summed E-state index contributed by atoms with van der Waals surface area (Å²) in [6, 6.07) is 12.6. The largest absolute Gasteiger partial charge is 0.460 e. The Morgan fingerprint density at radius 3 is 2.52 bits per heavy atom. The predicted octanol–water partition coefficient (Wildman–Crippen LogP) is 2.23. The smallest absolute Gasteiger partial charge is 0.381 e. The van der Waals surface area contributed by atoms with E-state index in [0.717, 1.165) is 5.56 Å². The van der Waals surface area contributed by atoms with Crippen molar-refractivity contribution >= 4 is 11.8 Å². The summed E-state index contributed by atoms with van der Waals surface area (Å²) in [7, 11) is 0. The summed E-state index contributed by atoms with van der Waals surface area (Å²) < 4.78 is 4.66. The number of ether oxygens (including phenoxy) is 1. The molecular formula is C17H13NO3. The molecule has 2 rings (SSSR count). The fourth-order valence-corrected chi connectivity index (χ4v) is 1.60. The molecule has 104 valence electrons. The Balaban J connectivity index is 2.21. The lowest BCUT2D eigenvalue weighted by atomic mass is 10.1. The molecule has 0 fully saturated rings. The number of ketones is 1. The number of Topliss-reactive ketones (excluding diaryl/α,β-unsaturated/α-hetero) is 1. The number of nitrogens with zero attached hydrogens (tertiary/aromatic N) is 1. The predicted molar refractivity (Wildman–Crippen MR) is 77.6 cm³/mol. The first-order chi connectivity index (χ1) is 10.2. The standard InChI is InChI=1S/C17H13NO3/c1-2-21-17(20)16(19)15-12-14(10-11-18-15)9-8-13-6-4-3-5-7-13/h3-7,10-12H,2H2,1H3. The topological polar surface area (TPSA) is 56.3 Å². The number of aromatic nitrogens is 1. The molecule has 0 saturated carbocycles. The maximum atomic E-state index is 11.8. The Labute approximate surface area is 122 Å². The molecule has 0 bridgehead atoms. The van der Waals surface area contributed by atoms with E-state index in [2.05, 4.69) is 21.6 Å². The van der Waals surface area contributed by atoms with E-state index in [-0.39, 0.29) is 12.3 Å². The van der Waals surface area contributed by atoms with Crippen molar-refractivity contribution in [3.63, 3.8) is 0 Å². The van der Waals surface area contributed by atoms with Gasteiger partial charge in [-0.25, -0.2) is 4.79 Å². The molecule has 0 saturated heterocycles. The number of carbonyl (C=O) groups excluding carboxylic acids is 2. The van der Waals surface area contributed by atoms with Crippen LogP contribution in [0.25, 0.3) is 0 Å². The van der Waals surface area contributed by atoms with Gasteiger partial charge in [0.15, 0.2) is 0 Å². The Kier molecular flexibility index (Phi) is 4.84. The lowest BCUT2D eigenvalue weighted by molar-refractivity contribution is -0.137. The van der Waals surface area contributed by atoms with Crippen molar-refractivity contribution in [3.05, 3.63) is 65.5 Å². The molecule has 21 heavy (non-hydrogen) atoms. The van der Waals surface area contributed by atoms with Gasteiger partial charge in [-0.3, -0.25) is 9.78 Å². The minimum absolute atomic E-state index is 0.0355. The number of hydrogen-bond acceptors (Lipinski definition) is 4. The Morgan fingerprint density at radius 2 is 1.81 bits per heavy atom. The second kappa shape index (κ2) is 7.01. The highest BCUT2D eigenvalue weighted by molar-refractivity contribution is 6.40. The van der Waals surface area contributed by atoms with Crippen molar-refractivity contribution in [2.24, 2.45) is 0 Å². The van der Waals surface area contributed by atoms with E-state index in [9.17, 15) is 9.59 Å². The summed E-state index contributed by atoms with van der Waals surface area (Å²) in [5, 5.41) is 0. The van der Waals surface area contributed by atoms with Crippen LogP contribution < -0.4 is 0 Å². The highest BCUT2D eigenvalue weighted by atomic mass is 16.5. The lowest BCUT2D eigenvalue weighted by Crippen LogP contribution is -2.18. The number of pyridine rings is 1. The zero-order chi connectivity index (χ0) is 15.1. The molecule has 0 amide bonds. The van der Waals surface area contributed by atoms with Gasteiger partial charge in [-0.15, -0.1) is 0 Å². The minimum atomic E-state index is -0.904. The second-order valence-electron chi connectivity index (χ2n) is 4.10. The normalized spacial score (nSPS) is 9.38. The van der Waals surface area contributed by atoms with E-state index >= 15 is 0 Å². The lowest BCUT2D eigenvalue weighted by Gasteiger charge is -2.00. The summed E-state index contributed by atoms with van der Waals surface area (Å²) in [5.74, 6) is 4.24. The molecule has 1 heterocycles. The fraction of sp³-hybridized carbons (Fsp3) is 0.118. The molecule has 0 spiro atoms. The number of hydrogen-bond donors (Lipinski definition) is 0. The van der Waals surface area contributed by atoms with Gasteiger partial charge in [-0.05, 0) is 31.2 Å². The fourth-order valence-electron chi connectivity index (χ4n) is 1.60. The summed E-state index contributed by atoms with van der Waals surface area (Å²) >= 11 is 0. The zero-order valence-corrected chi connectivity index (χ0v) is 11.5. The molecule has 4 nitrogen and oxygen atoms in total. The van der Waals surface area contributed by atoms with Gasteiger partial charge < -0.3 is 4.74 Å². The average Bonchev–Trinajstić information content (AvgIpc) is 2.54. The SMILES string of the molecule is CCOC(=O)C(=O)c1cc(C#Cc2ccccc2)ccn1. The van der Waals surface area contributed by atoms with Crippen LogP contribution >= 0.6 is 0 Å². The first-order valence-electron chi connectivity index (χ1n) is 6.45. The number of rotatable bonds is 3. The number of esters is 1. The van der Waals surface area contributed by atoms with Crippen LogP contribution in [0.2, 0.25) is 0 Å². The van der Waals surface area contributed by atoms with Gasteiger partial charge in [0.05, 0.1) is 6.61 Å². The van der Waals surface area contributed by atoms with Gasteiger partial charge in [0.2, 0.25) is 0 Å². The number of benzene rings is 1. The number of carbonyl (C=O) groups is 2. The van der Waals surface area contributed by atoms with E-state index in [1.807, 2.05) is 30.3 Å². The Hall–Kier alpha value is -2.93. The van der Waals surface area contributed by atoms with Crippen LogP contribution in [0, 0.1) is 11.8 Å². The van der Waals surface area contributed by atoms with Crippen molar-refractivity contribution in [2.75, 3.05) is 6.61 Å². The minimum Gasteiger partial charge on any atom is -0.460 e. The van der Waals surface area contributed by atoms with Gasteiger partial charge in [0, 0.05) is 17.3 Å². The van der Waals surface area contributed by atoms with Crippen molar-refractivity contribution in [1.82, 2.24) is 4.98 Å². The maximum Gasteiger partial charge on any atom is 0.381 e. The van der Waals surface area contributed by atoms with E-state index < -0.39 is 11.8 Å². The first kappa shape index (κ1) is 14.5. The van der Waals surface area contributed by atoms with Crippen molar-refractivity contribution < 1.29 is 14.3 Å². The van der Waals surface area contributed by atoms with Crippen molar-refractivity contribution in [1.29, 1.82) is 0 Å². The summed E-state index contributed by atoms with van der Waals surface area (Å²) in [5.41, 5.74) is 1.52. The molecule has 2 aromatic rings. The van der Waals surface area contributed by atoms with Crippen LogP contribution in [0.3, 0.4) is 0 Å². The van der Waals surface area contributed by atoms with Gasteiger partial charge in [-0.1, -0.05) is 30.0 Å². The van der Waals surface area contributed by atoms with Gasteiger partial charge in [0.25, 0.3) is 5.78 Å². The van der Waals surface area contributed by atoms with E-state index in [0.29, 0.717) is 5.56 Å². The van der Waals surface area contributed by atoms with Crippen molar-refractivity contribution in [2.45, 2.75) is 6.92 Å². The molecule has 0 aliphatic carbocycles. The molecule has 0 atom stereocenters. The molecular weight excluding hydrogens is 266 g/mol. The highest BCUT2D eigenvalue weighted by Gasteiger charge is 2.18. The van der Waals surface area contributed by atoms with Crippen LogP contribution in [0.5, 0.6) is 0 Å². The zero-order valence-electron chi connectivity index (χ0n) is 11.5. The van der Waals surface area contributed by atoms with Crippen molar-refractivity contribution in [3.8, 4) is 11.8 Å². The molecule has 1 aromatic heterocycles. The van der Waals surface area contributed by atoms with Gasteiger partial charge >= 0.3 is 5.97 Å². The molecule has 0 radical (unpaired) electrons. The second-order valence-corrected chi connectivity index (χ2v) is 4.10. The van der Waals surface area contributed by atoms with E-state index in [1.165, 1.54) is 12.3 Å². The molecule has 0 N–H and O–H groups in total. The van der Waals surface area contributed by atoms with Gasteiger partial charge in [0.1, 0.15) is 5.69 Å². The summed E-state index contributed by atoms with van der Waals surface area (Å²) in [6.45, 7) is 1.79. The van der Waals surface area contributed by atoms with Crippen LogP contribution in [-0.2, 0) is 9.53 Å². The van der Waals surface area contributed by atoms with Crippen LogP contribution in [0.4, 0.5) is 0 Å². The summed E-state index contributed by atoms with van der Waals surface area (Å²) in [4.78, 5) is 27.0. The third-order valence-electron chi connectivity index (χ3n) is 2.58. The molecule has 4 heteroatoms. The maximum absolute atomic E-state index is 11.8. The Morgan fingerprint density at radius 1 is 1.10 bits per heavy atom. The Bertz CT molecular complexity index is 712. The van der Waals surface area contributed by atoms with Gasteiger partial charge in [-0.2, -0.15) is 0 Å². The molecule has 0 unspecified atom stereocenters. The summed E-state index contributed by atoms with van der Waals surface area (Å²) in [6.07, 6.45) is 1.45. The third-order valence-corrected chi connectivity index (χ3v) is 2.58. The third kappa shape index (κ3) is 4.02.